The van der Waals surface area contributed by atoms with Crippen LogP contribution in [0.1, 0.15) is 201 Å². The molecule has 0 radical (unpaired) electrons. The third kappa shape index (κ3) is 15.9. The molecule has 129 heavy (non-hydrogen) atoms. The van der Waals surface area contributed by atoms with Gasteiger partial charge >= 0.3 is 0 Å². The summed E-state index contributed by atoms with van der Waals surface area (Å²) in [5.41, 5.74) is 33.9. The Morgan fingerprint density at radius 2 is 1.21 bits per heavy atom. The van der Waals surface area contributed by atoms with Crippen molar-refractivity contribution in [2.75, 3.05) is 4.90 Å². The molecule has 0 amide bonds. The Kier molecular flexibility index (Phi) is 22.9. The van der Waals surface area contributed by atoms with Crippen molar-refractivity contribution in [2.24, 2.45) is 45.3 Å². The van der Waals surface area contributed by atoms with Crippen molar-refractivity contribution in [3.63, 3.8) is 0 Å². The van der Waals surface area contributed by atoms with Crippen LogP contribution in [0.3, 0.4) is 0 Å². The summed E-state index contributed by atoms with van der Waals surface area (Å²) >= 11 is 0. The number of hydrogen-bond donors (Lipinski definition) is 0. The van der Waals surface area contributed by atoms with E-state index < -0.39 is 0 Å². The highest BCUT2D eigenvalue weighted by atomic mass is 19.1. The van der Waals surface area contributed by atoms with Crippen LogP contribution in [0.5, 0.6) is 0 Å². The highest BCUT2D eigenvalue weighted by Crippen LogP contribution is 2.68. The molecule has 0 aromatic heterocycles. The third-order valence-electron chi connectivity index (χ3n) is 32.2. The van der Waals surface area contributed by atoms with Gasteiger partial charge in [-0.3, -0.25) is 0 Å². The number of halogens is 2. The number of ether oxygens (including phenoxy) is 3. The molecule has 0 spiro atoms. The van der Waals surface area contributed by atoms with Crippen LogP contribution in [0.2, 0.25) is 0 Å². The first-order valence-electron chi connectivity index (χ1n) is 48.9. The van der Waals surface area contributed by atoms with E-state index in [2.05, 4.69) is 283 Å². The zero-order valence-corrected chi connectivity index (χ0v) is 76.6. The van der Waals surface area contributed by atoms with Gasteiger partial charge in [-0.05, 0) is 348 Å². The standard InChI is InChI=1S/C122H126F2N2O3/c1-9-79-25-61-103(62-26-79)127-105-65-45-93(46-66-105)121(91-41-37-89(38-42-91)119(3,4)5)113-23-13-11-21-107(113)109-69-57-99(75-115(109)121)125(97-53-33-83(34-54-97)87-19-15-17-85(73-87)81-29-49-95(123)50-30-81)101-59-71-111-112-72-60-102(78-118(112)129-117(111)77-101)126(98-55-35-84(36-56-98)88-20-16-18-86(74-88)82-31-51-96(124)52-32-82)100-58-70-110-108-22-12-14-24-114(108)122(116(110)76-100,92-43-39-90(40-44-92)120(6,7)8)94-47-67-106(68-48-94)128-104-63-27-80(10-2)28-64-104/h9-11,14-21,24-27,29-33,35-37,39,41,45,47,49-52,55-56,59-61,63,65-67,71-76,92-94,97,101-103,106,112,118H,1-2,12-13,22-23,28,34,38,40,42-44,46,48,53-54,57-58,62,64,68-70,77-78H2,3-8H3. The summed E-state index contributed by atoms with van der Waals surface area (Å²) in [5, 5.41) is 0. The summed E-state index contributed by atoms with van der Waals surface area (Å²) in [4.78, 5) is 5.71. The van der Waals surface area contributed by atoms with Gasteiger partial charge in [0.15, 0.2) is 0 Å². The second-order valence-corrected chi connectivity index (χ2v) is 41.3. The van der Waals surface area contributed by atoms with Crippen molar-refractivity contribution in [1.29, 1.82) is 0 Å². The van der Waals surface area contributed by atoms with Crippen molar-refractivity contribution < 1.29 is 23.0 Å². The molecule has 0 bridgehead atoms. The zero-order valence-electron chi connectivity index (χ0n) is 76.6. The van der Waals surface area contributed by atoms with E-state index in [0.717, 1.165) is 210 Å². The smallest absolute Gasteiger partial charge is 0.123 e. The van der Waals surface area contributed by atoms with Gasteiger partial charge in [0.2, 0.25) is 0 Å². The van der Waals surface area contributed by atoms with Gasteiger partial charge in [-0.1, -0.05) is 260 Å². The van der Waals surface area contributed by atoms with Gasteiger partial charge in [0, 0.05) is 71.1 Å². The number of nitrogens with zero attached hydrogens (tertiary/aromatic N) is 2. The van der Waals surface area contributed by atoms with E-state index in [0.29, 0.717) is 11.8 Å². The predicted octanol–water partition coefficient (Wildman–Crippen LogP) is 31.4. The molecule has 21 rings (SSSR count). The second-order valence-electron chi connectivity index (χ2n) is 41.3. The maximum Gasteiger partial charge on any atom is 0.123 e. The zero-order chi connectivity index (χ0) is 87.9. The summed E-state index contributed by atoms with van der Waals surface area (Å²) in [6, 6.07) is 41.3. The molecule has 0 saturated heterocycles. The van der Waals surface area contributed by atoms with Crippen molar-refractivity contribution in [3.05, 3.63) is 416 Å². The number of benzene rings is 5. The fraction of sp³-hybridized carbons (Fsp3) is 0.361. The fourth-order valence-electron chi connectivity index (χ4n) is 25.7. The molecule has 1 aliphatic heterocycles. The molecule has 15 aliphatic carbocycles. The molecule has 16 aliphatic rings. The Labute approximate surface area is 766 Å². The Hall–Kier alpha value is -11.3. The van der Waals surface area contributed by atoms with E-state index in [4.69, 9.17) is 14.2 Å². The monoisotopic (exact) mass is 1700 g/mol. The number of rotatable bonds is 20. The largest absolute Gasteiger partial charge is 0.493 e. The molecule has 5 nitrogen and oxygen atoms in total. The quantitative estimate of drug-likeness (QED) is 0.0726. The first-order valence-corrected chi connectivity index (χ1v) is 48.9. The summed E-state index contributed by atoms with van der Waals surface area (Å²) in [7, 11) is 0. The van der Waals surface area contributed by atoms with Gasteiger partial charge in [-0.25, -0.2) is 8.78 Å². The summed E-state index contributed by atoms with van der Waals surface area (Å²) in [6.07, 6.45) is 87.3. The number of fused-ring (bicyclic) bond motifs is 4. The lowest BCUT2D eigenvalue weighted by Gasteiger charge is -2.50. The number of allylic oxidation sites excluding steroid dienone is 36. The molecule has 1 heterocycles. The average Bonchev–Trinajstić information content (AvgIpc) is 1.54. The lowest BCUT2D eigenvalue weighted by atomic mass is 9.54. The second kappa shape index (κ2) is 34.9. The van der Waals surface area contributed by atoms with E-state index in [9.17, 15) is 8.78 Å². The topological polar surface area (TPSA) is 34.2 Å². The Bertz CT molecular complexity index is 6110. The third-order valence-corrected chi connectivity index (χ3v) is 32.2. The molecular weight excluding hydrogens is 1580 g/mol. The van der Waals surface area contributed by atoms with Crippen LogP contribution in [-0.4, -0.2) is 41.3 Å². The normalized spacial score (nSPS) is 28.6. The molecule has 0 fully saturated rings. The van der Waals surface area contributed by atoms with Crippen LogP contribution >= 0.6 is 0 Å². The van der Waals surface area contributed by atoms with Gasteiger partial charge in [0.1, 0.15) is 41.5 Å². The minimum atomic E-state index is -0.329. The molecule has 5 aromatic carbocycles. The van der Waals surface area contributed by atoms with Gasteiger partial charge in [0.05, 0.1) is 17.8 Å². The van der Waals surface area contributed by atoms with Crippen molar-refractivity contribution in [1.82, 2.24) is 4.90 Å². The maximum absolute atomic E-state index is 14.4. The van der Waals surface area contributed by atoms with Crippen LogP contribution in [0.25, 0.3) is 39.0 Å². The molecular formula is C122H126F2N2O3. The Morgan fingerprint density at radius 3 is 1.87 bits per heavy atom. The van der Waals surface area contributed by atoms with Crippen molar-refractivity contribution >= 4 is 11.3 Å². The van der Waals surface area contributed by atoms with Crippen LogP contribution in [0, 0.1) is 57.0 Å². The minimum Gasteiger partial charge on any atom is -0.493 e. The van der Waals surface area contributed by atoms with Crippen LogP contribution in [0.15, 0.2) is 399 Å². The van der Waals surface area contributed by atoms with E-state index in [1.807, 2.05) is 36.4 Å². The highest BCUT2D eigenvalue weighted by molar-refractivity contribution is 5.77. The number of anilines is 1. The molecule has 0 N–H and O–H groups in total. The molecule has 12 atom stereocenters. The van der Waals surface area contributed by atoms with Crippen LogP contribution < -0.4 is 4.90 Å². The SMILES string of the molecule is C=CC1=CCC(OC2=CCC(C3(C4=CC=C(C(C)(C)C)CC4)C4=C(CCC(N(C5C=CC6=C(C5)OC5CC(N(C7=CC8=C(CC7)C7=C(C=CCC7)C8(C7C=CC(OC8=CC=C(C=C)CC8)CC7)C7CC=C(C(C)(C)C)CC7)c7ccc(-c8cccc(-c9ccc(F)cc9)c8)cc7)C=CC65)C5CC=C(c6cccc(-c7ccc(F)cc7)c6)CC5)=C4)C4=C3CCC=C4)C=C2)C=C1. The molecule has 12 unspecified atom stereocenters. The predicted molar refractivity (Wildman–Crippen MR) is 528 cm³/mol. The van der Waals surface area contributed by atoms with E-state index in [-0.39, 0.29) is 81.6 Å². The van der Waals surface area contributed by atoms with Crippen molar-refractivity contribution in [2.45, 2.75) is 232 Å². The molecule has 656 valence electrons. The van der Waals surface area contributed by atoms with Gasteiger partial charge in [-0.2, -0.15) is 0 Å². The summed E-state index contributed by atoms with van der Waals surface area (Å²) in [6.45, 7) is 22.5. The average molecular weight is 1710 g/mol. The fourth-order valence-corrected chi connectivity index (χ4v) is 25.7. The first kappa shape index (κ1) is 84.6. The Morgan fingerprint density at radius 1 is 0.488 bits per heavy atom. The van der Waals surface area contributed by atoms with E-state index >= 15 is 0 Å². The van der Waals surface area contributed by atoms with Gasteiger partial charge < -0.3 is 24.0 Å². The lowest BCUT2D eigenvalue weighted by molar-refractivity contribution is 0.0924. The summed E-state index contributed by atoms with van der Waals surface area (Å²) in [5.74, 6) is 3.79. The minimum absolute atomic E-state index is 0.00501. The number of hydrogen-bond acceptors (Lipinski definition) is 5. The molecule has 5 aromatic rings. The molecule has 0 saturated carbocycles. The van der Waals surface area contributed by atoms with Crippen LogP contribution in [0.4, 0.5) is 14.5 Å². The van der Waals surface area contributed by atoms with E-state index in [1.54, 1.807) is 68.9 Å². The van der Waals surface area contributed by atoms with Crippen LogP contribution in [-0.2, 0) is 14.2 Å². The lowest BCUT2D eigenvalue weighted by Crippen LogP contribution is -2.44. The maximum atomic E-state index is 14.4. The van der Waals surface area contributed by atoms with Gasteiger partial charge in [-0.15, -0.1) is 0 Å². The Balaban J connectivity index is 0.633. The highest BCUT2D eigenvalue weighted by Gasteiger charge is 2.58. The molecule has 7 heteroatoms. The first-order chi connectivity index (χ1) is 62.8. The van der Waals surface area contributed by atoms with Gasteiger partial charge in [0.25, 0.3) is 0 Å². The summed E-state index contributed by atoms with van der Waals surface area (Å²) < 4.78 is 50.4. The van der Waals surface area contributed by atoms with Crippen molar-refractivity contribution in [3.8, 4) is 33.4 Å². The van der Waals surface area contributed by atoms with E-state index in [1.165, 1.54) is 56.1 Å².